The SMILES string of the molecule is Cc1cc(CNCC2CCCC2CCl)n(C)n1. The number of halogens is 1. The highest BCUT2D eigenvalue weighted by atomic mass is 35.5. The van der Waals surface area contributed by atoms with Crippen LogP contribution in [0.4, 0.5) is 0 Å². The summed E-state index contributed by atoms with van der Waals surface area (Å²) < 4.78 is 1.95. The van der Waals surface area contributed by atoms with Crippen molar-refractivity contribution in [2.75, 3.05) is 12.4 Å². The van der Waals surface area contributed by atoms with Gasteiger partial charge in [-0.05, 0) is 44.2 Å². The average molecular weight is 256 g/mol. The Labute approximate surface area is 109 Å². The predicted molar refractivity (Wildman–Crippen MR) is 71.2 cm³/mol. The Bertz CT molecular complexity index is 362. The molecule has 1 aromatic heterocycles. The summed E-state index contributed by atoms with van der Waals surface area (Å²) in [6, 6.07) is 2.14. The lowest BCUT2D eigenvalue weighted by Crippen LogP contribution is -2.26. The molecule has 0 amide bonds. The fourth-order valence-corrected chi connectivity index (χ4v) is 3.21. The van der Waals surface area contributed by atoms with Crippen molar-refractivity contribution in [2.45, 2.75) is 32.7 Å². The number of hydrogen-bond acceptors (Lipinski definition) is 2. The first kappa shape index (κ1) is 12.9. The molecule has 3 nitrogen and oxygen atoms in total. The van der Waals surface area contributed by atoms with E-state index in [0.717, 1.165) is 36.5 Å². The molecule has 96 valence electrons. The van der Waals surface area contributed by atoms with Crippen molar-refractivity contribution in [3.8, 4) is 0 Å². The van der Waals surface area contributed by atoms with Gasteiger partial charge in [0, 0.05) is 19.5 Å². The summed E-state index contributed by atoms with van der Waals surface area (Å²) in [5.74, 6) is 2.30. The van der Waals surface area contributed by atoms with Gasteiger partial charge in [0.1, 0.15) is 0 Å². The van der Waals surface area contributed by atoms with Crippen LogP contribution in [0.1, 0.15) is 30.7 Å². The van der Waals surface area contributed by atoms with Crippen LogP contribution in [0.2, 0.25) is 0 Å². The van der Waals surface area contributed by atoms with Crippen LogP contribution in [0, 0.1) is 18.8 Å². The molecule has 1 aromatic rings. The van der Waals surface area contributed by atoms with Crippen LogP contribution in [0.5, 0.6) is 0 Å². The van der Waals surface area contributed by atoms with Gasteiger partial charge in [0.05, 0.1) is 11.4 Å². The van der Waals surface area contributed by atoms with E-state index in [1.54, 1.807) is 0 Å². The molecule has 0 aliphatic heterocycles. The van der Waals surface area contributed by atoms with Gasteiger partial charge in [-0.2, -0.15) is 5.10 Å². The number of hydrogen-bond donors (Lipinski definition) is 1. The lowest BCUT2D eigenvalue weighted by molar-refractivity contribution is 0.393. The molecule has 2 atom stereocenters. The van der Waals surface area contributed by atoms with Gasteiger partial charge >= 0.3 is 0 Å². The van der Waals surface area contributed by atoms with Gasteiger partial charge in [-0.1, -0.05) is 6.42 Å². The highest BCUT2D eigenvalue weighted by molar-refractivity contribution is 6.18. The lowest BCUT2D eigenvalue weighted by atomic mass is 9.98. The van der Waals surface area contributed by atoms with E-state index in [1.807, 2.05) is 18.7 Å². The highest BCUT2D eigenvalue weighted by Crippen LogP contribution is 2.31. The monoisotopic (exact) mass is 255 g/mol. The maximum Gasteiger partial charge on any atom is 0.0597 e. The Kier molecular flexibility index (Phi) is 4.46. The van der Waals surface area contributed by atoms with E-state index in [9.17, 15) is 0 Å². The van der Waals surface area contributed by atoms with Crippen molar-refractivity contribution < 1.29 is 0 Å². The summed E-state index contributed by atoms with van der Waals surface area (Å²) >= 11 is 5.99. The van der Waals surface area contributed by atoms with E-state index in [4.69, 9.17) is 11.6 Å². The molecule has 1 aliphatic rings. The van der Waals surface area contributed by atoms with Crippen LogP contribution in [0.15, 0.2) is 6.07 Å². The van der Waals surface area contributed by atoms with E-state index in [2.05, 4.69) is 16.5 Å². The molecular formula is C13H22ClN3. The largest absolute Gasteiger partial charge is 0.311 e. The second-order valence-corrected chi connectivity index (χ2v) is 5.45. The maximum absolute atomic E-state index is 5.99. The van der Waals surface area contributed by atoms with Crippen molar-refractivity contribution in [1.29, 1.82) is 0 Å². The fraction of sp³-hybridized carbons (Fsp3) is 0.769. The first-order chi connectivity index (χ1) is 8.20. The molecule has 1 aliphatic carbocycles. The van der Waals surface area contributed by atoms with Gasteiger partial charge in [-0.15, -0.1) is 11.6 Å². The van der Waals surface area contributed by atoms with Crippen molar-refractivity contribution in [1.82, 2.24) is 15.1 Å². The van der Waals surface area contributed by atoms with Gasteiger partial charge in [-0.25, -0.2) is 0 Å². The van der Waals surface area contributed by atoms with Gasteiger partial charge < -0.3 is 5.32 Å². The Morgan fingerprint density at radius 2 is 2.24 bits per heavy atom. The molecule has 0 aromatic carbocycles. The smallest absolute Gasteiger partial charge is 0.0597 e. The van der Waals surface area contributed by atoms with Crippen LogP contribution in [0.3, 0.4) is 0 Å². The minimum atomic E-state index is 0.720. The molecule has 0 spiro atoms. The van der Waals surface area contributed by atoms with Crippen molar-refractivity contribution in [2.24, 2.45) is 18.9 Å². The molecule has 0 bridgehead atoms. The number of nitrogens with zero attached hydrogens (tertiary/aromatic N) is 2. The minimum absolute atomic E-state index is 0.720. The van der Waals surface area contributed by atoms with E-state index < -0.39 is 0 Å². The molecule has 1 saturated carbocycles. The van der Waals surface area contributed by atoms with Crippen molar-refractivity contribution in [3.05, 3.63) is 17.5 Å². The number of alkyl halides is 1. The van der Waals surface area contributed by atoms with Gasteiger partial charge in [0.25, 0.3) is 0 Å². The summed E-state index contributed by atoms with van der Waals surface area (Å²) in [6.07, 6.45) is 3.98. The zero-order chi connectivity index (χ0) is 12.3. The van der Waals surface area contributed by atoms with Crippen LogP contribution in [-0.4, -0.2) is 22.2 Å². The molecular weight excluding hydrogens is 234 g/mol. The number of rotatable bonds is 5. The van der Waals surface area contributed by atoms with Gasteiger partial charge in [-0.3, -0.25) is 4.68 Å². The fourth-order valence-electron chi connectivity index (χ4n) is 2.80. The predicted octanol–water partition coefficient (Wildman–Crippen LogP) is 2.47. The Morgan fingerprint density at radius 1 is 1.47 bits per heavy atom. The van der Waals surface area contributed by atoms with Crippen LogP contribution in [-0.2, 0) is 13.6 Å². The molecule has 1 N–H and O–H groups in total. The standard InChI is InChI=1S/C13H22ClN3/c1-10-6-13(17(2)16-10)9-15-8-12-5-3-4-11(12)7-14/h6,11-12,15H,3-5,7-9H2,1-2H3. The molecule has 1 fully saturated rings. The summed E-state index contributed by atoms with van der Waals surface area (Å²) in [5.41, 5.74) is 2.34. The normalized spacial score (nSPS) is 24.4. The second kappa shape index (κ2) is 5.87. The van der Waals surface area contributed by atoms with Crippen LogP contribution in [0.25, 0.3) is 0 Å². The molecule has 17 heavy (non-hydrogen) atoms. The quantitative estimate of drug-likeness (QED) is 0.820. The van der Waals surface area contributed by atoms with Crippen LogP contribution >= 0.6 is 11.6 Å². The Hall–Kier alpha value is -0.540. The zero-order valence-electron chi connectivity index (χ0n) is 10.7. The minimum Gasteiger partial charge on any atom is -0.311 e. The highest BCUT2D eigenvalue weighted by Gasteiger charge is 2.25. The molecule has 4 heteroatoms. The van der Waals surface area contributed by atoms with E-state index in [-0.39, 0.29) is 0 Å². The third kappa shape index (κ3) is 3.23. The van der Waals surface area contributed by atoms with Crippen molar-refractivity contribution >= 4 is 11.6 Å². The van der Waals surface area contributed by atoms with E-state index in [1.165, 1.54) is 25.0 Å². The lowest BCUT2D eigenvalue weighted by Gasteiger charge is -2.17. The first-order valence-corrected chi connectivity index (χ1v) is 7.00. The van der Waals surface area contributed by atoms with E-state index in [0.29, 0.717) is 0 Å². The third-order valence-corrected chi connectivity index (χ3v) is 4.22. The van der Waals surface area contributed by atoms with Gasteiger partial charge in [0.2, 0.25) is 0 Å². The number of nitrogens with one attached hydrogen (secondary N) is 1. The van der Waals surface area contributed by atoms with Crippen molar-refractivity contribution in [3.63, 3.8) is 0 Å². The van der Waals surface area contributed by atoms with Crippen LogP contribution < -0.4 is 5.32 Å². The van der Waals surface area contributed by atoms with Gasteiger partial charge in [0.15, 0.2) is 0 Å². The molecule has 1 heterocycles. The molecule has 2 rings (SSSR count). The molecule has 2 unspecified atom stereocenters. The average Bonchev–Trinajstić information content (AvgIpc) is 2.86. The topological polar surface area (TPSA) is 29.9 Å². The summed E-state index contributed by atoms with van der Waals surface area (Å²) in [7, 11) is 2.00. The zero-order valence-corrected chi connectivity index (χ0v) is 11.5. The molecule has 0 saturated heterocycles. The maximum atomic E-state index is 5.99. The number of aryl methyl sites for hydroxylation is 2. The summed E-state index contributed by atoms with van der Waals surface area (Å²) in [5, 5.41) is 7.89. The third-order valence-electron chi connectivity index (χ3n) is 3.83. The second-order valence-electron chi connectivity index (χ2n) is 5.14. The number of aromatic nitrogens is 2. The summed E-state index contributed by atoms with van der Waals surface area (Å²) in [4.78, 5) is 0. The Balaban J connectivity index is 1.77. The first-order valence-electron chi connectivity index (χ1n) is 6.47. The summed E-state index contributed by atoms with van der Waals surface area (Å²) in [6.45, 7) is 4.02. The Morgan fingerprint density at radius 3 is 2.88 bits per heavy atom. The molecule has 0 radical (unpaired) electrons. The van der Waals surface area contributed by atoms with E-state index >= 15 is 0 Å².